The Kier molecular flexibility index (Phi) is 4.06. The molecule has 1 aliphatic heterocycles. The van der Waals surface area contributed by atoms with Crippen LogP contribution in [0.1, 0.15) is 12.0 Å². The van der Waals surface area contributed by atoms with Gasteiger partial charge < -0.3 is 15.2 Å². The van der Waals surface area contributed by atoms with Crippen LogP contribution in [-0.2, 0) is 6.42 Å². The fourth-order valence-electron chi connectivity index (χ4n) is 2.81. The van der Waals surface area contributed by atoms with E-state index in [1.165, 1.54) is 37.0 Å². The Morgan fingerprint density at radius 2 is 2.05 bits per heavy atom. The third-order valence-corrected chi connectivity index (χ3v) is 4.20. The summed E-state index contributed by atoms with van der Waals surface area (Å²) in [6, 6.07) is 6.11. The molecule has 0 atom stereocenters. The number of fused-ring (bicyclic) bond motifs is 1. The molecule has 2 aromatic rings. The van der Waals surface area contributed by atoms with Crippen molar-refractivity contribution in [3.05, 3.63) is 35.0 Å². The third kappa shape index (κ3) is 2.94. The van der Waals surface area contributed by atoms with Crippen molar-refractivity contribution in [3.8, 4) is 0 Å². The molecule has 1 aliphatic rings. The molecule has 1 saturated heterocycles. The Balaban J connectivity index is 1.60. The highest BCUT2D eigenvalue weighted by molar-refractivity contribution is 6.35. The second-order valence-electron chi connectivity index (χ2n) is 5.17. The number of aromatic amines is 1. The third-order valence-electron chi connectivity index (χ3n) is 3.88. The van der Waals surface area contributed by atoms with Crippen LogP contribution >= 0.6 is 11.6 Å². The number of hydrogen-bond donors (Lipinski definition) is 2. The Hall–Kier alpha value is -1.03. The highest BCUT2D eigenvalue weighted by Crippen LogP contribution is 2.25. The molecule has 0 unspecified atom stereocenters. The van der Waals surface area contributed by atoms with E-state index in [-0.39, 0.29) is 0 Å². The van der Waals surface area contributed by atoms with E-state index in [4.69, 9.17) is 11.6 Å². The number of hydrogen-bond acceptors (Lipinski definition) is 2. The summed E-state index contributed by atoms with van der Waals surface area (Å²) in [6.07, 6.45) is 4.43. The van der Waals surface area contributed by atoms with Crippen molar-refractivity contribution in [2.75, 3.05) is 32.7 Å². The van der Waals surface area contributed by atoms with E-state index in [2.05, 4.69) is 27.5 Å². The van der Waals surface area contributed by atoms with Gasteiger partial charge in [-0.25, -0.2) is 0 Å². The summed E-state index contributed by atoms with van der Waals surface area (Å²) in [7, 11) is 0. The van der Waals surface area contributed by atoms with Crippen LogP contribution in [0.3, 0.4) is 0 Å². The van der Waals surface area contributed by atoms with Crippen LogP contribution in [0.15, 0.2) is 24.4 Å². The monoisotopic (exact) mass is 277 g/mol. The maximum absolute atomic E-state index is 6.18. The topological polar surface area (TPSA) is 31.1 Å². The van der Waals surface area contributed by atoms with Crippen molar-refractivity contribution < 1.29 is 0 Å². The molecule has 2 N–H and O–H groups in total. The van der Waals surface area contributed by atoms with E-state index in [0.717, 1.165) is 30.0 Å². The van der Waals surface area contributed by atoms with Crippen molar-refractivity contribution in [1.29, 1.82) is 0 Å². The van der Waals surface area contributed by atoms with Crippen molar-refractivity contribution >= 4 is 22.5 Å². The number of nitrogens with one attached hydrogen (secondary N) is 2. The lowest BCUT2D eigenvalue weighted by molar-refractivity contribution is 0.238. The average Bonchev–Trinajstić information content (AvgIpc) is 2.85. The predicted molar refractivity (Wildman–Crippen MR) is 80.9 cm³/mol. The summed E-state index contributed by atoms with van der Waals surface area (Å²) in [5.41, 5.74) is 2.45. The molecule has 102 valence electrons. The molecule has 19 heavy (non-hydrogen) atoms. The largest absolute Gasteiger partial charge is 0.360 e. The number of nitrogens with zero attached hydrogens (tertiary/aromatic N) is 1. The number of halogens is 1. The number of para-hydroxylation sites is 1. The van der Waals surface area contributed by atoms with Crippen molar-refractivity contribution in [3.63, 3.8) is 0 Å². The van der Waals surface area contributed by atoms with E-state index in [0.29, 0.717) is 0 Å². The quantitative estimate of drug-likeness (QED) is 0.900. The fraction of sp³-hybridized carbons (Fsp3) is 0.467. The van der Waals surface area contributed by atoms with Crippen LogP contribution in [0.2, 0.25) is 5.02 Å². The highest BCUT2D eigenvalue weighted by atomic mass is 35.5. The number of H-pyrrole nitrogens is 1. The maximum Gasteiger partial charge on any atom is 0.0647 e. The van der Waals surface area contributed by atoms with Gasteiger partial charge in [-0.1, -0.05) is 23.7 Å². The number of rotatable bonds is 4. The predicted octanol–water partition coefficient (Wildman–Crippen LogP) is 2.66. The zero-order chi connectivity index (χ0) is 13.1. The molecule has 2 heterocycles. The molecule has 1 fully saturated rings. The molecule has 0 amide bonds. The molecule has 3 nitrogen and oxygen atoms in total. The van der Waals surface area contributed by atoms with E-state index < -0.39 is 0 Å². The van der Waals surface area contributed by atoms with Gasteiger partial charge in [-0.05, 0) is 31.0 Å². The number of aryl methyl sites for hydroxylation is 1. The van der Waals surface area contributed by atoms with Gasteiger partial charge in [-0.15, -0.1) is 0 Å². The summed E-state index contributed by atoms with van der Waals surface area (Å²) in [6.45, 7) is 5.81. The summed E-state index contributed by atoms with van der Waals surface area (Å²) in [5.74, 6) is 0. The van der Waals surface area contributed by atoms with Gasteiger partial charge in [0.15, 0.2) is 0 Å². The van der Waals surface area contributed by atoms with Gasteiger partial charge >= 0.3 is 0 Å². The van der Waals surface area contributed by atoms with Crippen LogP contribution in [0.25, 0.3) is 10.9 Å². The molecule has 1 aromatic carbocycles. The molecule has 4 heteroatoms. The summed E-state index contributed by atoms with van der Waals surface area (Å²) < 4.78 is 0. The zero-order valence-electron chi connectivity index (χ0n) is 11.1. The minimum Gasteiger partial charge on any atom is -0.360 e. The molecule has 0 aliphatic carbocycles. The van der Waals surface area contributed by atoms with E-state index in [9.17, 15) is 0 Å². The highest BCUT2D eigenvalue weighted by Gasteiger charge is 2.10. The van der Waals surface area contributed by atoms with Gasteiger partial charge in [0.1, 0.15) is 0 Å². The van der Waals surface area contributed by atoms with Gasteiger partial charge in [0.25, 0.3) is 0 Å². The van der Waals surface area contributed by atoms with Gasteiger partial charge in [-0.3, -0.25) is 0 Å². The van der Waals surface area contributed by atoms with Crippen molar-refractivity contribution in [2.45, 2.75) is 12.8 Å². The molecule has 1 aromatic heterocycles. The van der Waals surface area contributed by atoms with Crippen LogP contribution in [0.4, 0.5) is 0 Å². The first-order valence-electron chi connectivity index (χ1n) is 7.02. The lowest BCUT2D eigenvalue weighted by atomic mass is 10.1. The van der Waals surface area contributed by atoms with Crippen LogP contribution in [-0.4, -0.2) is 42.6 Å². The zero-order valence-corrected chi connectivity index (χ0v) is 11.8. The SMILES string of the molecule is Clc1cccc2c(CCCN3CCNCC3)c[nH]c12. The van der Waals surface area contributed by atoms with Gasteiger partial charge in [0.05, 0.1) is 10.5 Å². The van der Waals surface area contributed by atoms with E-state index in [1.54, 1.807) is 0 Å². The van der Waals surface area contributed by atoms with Crippen molar-refractivity contribution in [2.24, 2.45) is 0 Å². The fourth-order valence-corrected chi connectivity index (χ4v) is 3.04. The Bertz CT molecular complexity index is 543. The summed E-state index contributed by atoms with van der Waals surface area (Å²) >= 11 is 6.18. The Morgan fingerprint density at radius 3 is 2.89 bits per heavy atom. The van der Waals surface area contributed by atoms with Crippen LogP contribution < -0.4 is 5.32 Å². The Labute approximate surface area is 118 Å². The minimum absolute atomic E-state index is 0.811. The van der Waals surface area contributed by atoms with Crippen LogP contribution in [0.5, 0.6) is 0 Å². The first kappa shape index (κ1) is 13.0. The second-order valence-corrected chi connectivity index (χ2v) is 5.58. The van der Waals surface area contributed by atoms with Gasteiger partial charge in [0.2, 0.25) is 0 Å². The first-order valence-corrected chi connectivity index (χ1v) is 7.40. The van der Waals surface area contributed by atoms with Gasteiger partial charge in [-0.2, -0.15) is 0 Å². The molecular formula is C15H20ClN3. The maximum atomic E-state index is 6.18. The van der Waals surface area contributed by atoms with E-state index in [1.807, 2.05) is 12.1 Å². The standard InChI is InChI=1S/C15H20ClN3/c16-14-5-1-4-13-12(11-18-15(13)14)3-2-8-19-9-6-17-7-10-19/h1,4-5,11,17-18H,2-3,6-10H2. The molecule has 0 radical (unpaired) electrons. The van der Waals surface area contributed by atoms with E-state index >= 15 is 0 Å². The van der Waals surface area contributed by atoms with Crippen LogP contribution in [0, 0.1) is 0 Å². The first-order chi connectivity index (χ1) is 9.34. The molecule has 3 rings (SSSR count). The summed E-state index contributed by atoms with van der Waals surface area (Å²) in [5, 5.41) is 5.47. The normalized spacial score (nSPS) is 17.1. The molecule has 0 bridgehead atoms. The lowest BCUT2D eigenvalue weighted by Crippen LogP contribution is -2.43. The average molecular weight is 278 g/mol. The van der Waals surface area contributed by atoms with Gasteiger partial charge in [0, 0.05) is 37.8 Å². The summed E-state index contributed by atoms with van der Waals surface area (Å²) in [4.78, 5) is 5.83. The lowest BCUT2D eigenvalue weighted by Gasteiger charge is -2.26. The number of benzene rings is 1. The second kappa shape index (κ2) is 5.95. The van der Waals surface area contributed by atoms with Crippen molar-refractivity contribution in [1.82, 2.24) is 15.2 Å². The number of aromatic nitrogens is 1. The molecule has 0 spiro atoms. The smallest absolute Gasteiger partial charge is 0.0647 e. The minimum atomic E-state index is 0.811. The molecular weight excluding hydrogens is 258 g/mol. The number of piperazine rings is 1. The Morgan fingerprint density at radius 1 is 1.21 bits per heavy atom. The molecule has 0 saturated carbocycles.